The summed E-state index contributed by atoms with van der Waals surface area (Å²) in [5, 5.41) is 0. The molecule has 0 radical (unpaired) electrons. The predicted octanol–water partition coefficient (Wildman–Crippen LogP) is 3.59. The van der Waals surface area contributed by atoms with Gasteiger partial charge in [-0.25, -0.2) is 4.98 Å². The Kier molecular flexibility index (Phi) is 3.71. The summed E-state index contributed by atoms with van der Waals surface area (Å²) >= 11 is 0. The van der Waals surface area contributed by atoms with Crippen molar-refractivity contribution in [2.24, 2.45) is 0 Å². The lowest BCUT2D eigenvalue weighted by atomic mass is 9.99. The SMILES string of the molecule is O=C(c1ccccc1)c1c(-c2ccccc2)nc2ccccn2c1=O. The Morgan fingerprint density at radius 2 is 1.44 bits per heavy atom. The summed E-state index contributed by atoms with van der Waals surface area (Å²) in [6, 6.07) is 23.4. The maximum Gasteiger partial charge on any atom is 0.269 e. The number of pyridine rings is 1. The number of ketones is 1. The van der Waals surface area contributed by atoms with E-state index in [0.29, 0.717) is 16.9 Å². The molecule has 0 aliphatic carbocycles. The third-order valence-corrected chi connectivity index (χ3v) is 4.04. The maximum absolute atomic E-state index is 13.1. The van der Waals surface area contributed by atoms with E-state index in [4.69, 9.17) is 0 Å². The maximum atomic E-state index is 13.1. The zero-order valence-corrected chi connectivity index (χ0v) is 13.3. The highest BCUT2D eigenvalue weighted by atomic mass is 16.1. The number of aromatic nitrogens is 2. The van der Waals surface area contributed by atoms with Gasteiger partial charge >= 0.3 is 0 Å². The Labute approximate surface area is 144 Å². The lowest BCUT2D eigenvalue weighted by Gasteiger charge is -2.10. The van der Waals surface area contributed by atoms with Crippen LogP contribution >= 0.6 is 0 Å². The summed E-state index contributed by atoms with van der Waals surface area (Å²) in [5.41, 5.74) is 1.85. The van der Waals surface area contributed by atoms with Gasteiger partial charge in [0.15, 0.2) is 0 Å². The van der Waals surface area contributed by atoms with Crippen LogP contribution in [0, 0.1) is 0 Å². The van der Waals surface area contributed by atoms with Crippen LogP contribution in [-0.4, -0.2) is 15.2 Å². The first-order valence-electron chi connectivity index (χ1n) is 7.92. The Morgan fingerprint density at radius 1 is 0.800 bits per heavy atom. The van der Waals surface area contributed by atoms with Crippen molar-refractivity contribution >= 4 is 11.4 Å². The summed E-state index contributed by atoms with van der Waals surface area (Å²) in [6.07, 6.45) is 1.63. The van der Waals surface area contributed by atoms with Crippen molar-refractivity contribution in [1.82, 2.24) is 9.38 Å². The average Bonchev–Trinajstić information content (AvgIpc) is 2.69. The van der Waals surface area contributed by atoms with Crippen molar-refractivity contribution in [2.75, 3.05) is 0 Å². The van der Waals surface area contributed by atoms with Gasteiger partial charge in [0.25, 0.3) is 5.56 Å². The molecule has 4 rings (SSSR count). The molecule has 0 spiro atoms. The Bertz CT molecular complexity index is 1120. The molecule has 0 atom stereocenters. The Hall–Kier alpha value is -3.53. The second-order valence-electron chi connectivity index (χ2n) is 5.63. The van der Waals surface area contributed by atoms with Crippen molar-refractivity contribution in [1.29, 1.82) is 0 Å². The standard InChI is InChI=1S/C21H14N2O2/c24-20(16-11-5-2-6-12-16)18-19(15-9-3-1-4-10-15)22-17-13-7-8-14-23(17)21(18)25/h1-14H. The van der Waals surface area contributed by atoms with Gasteiger partial charge in [-0.3, -0.25) is 14.0 Å². The van der Waals surface area contributed by atoms with Gasteiger partial charge in [-0.15, -0.1) is 0 Å². The van der Waals surface area contributed by atoms with E-state index in [1.54, 1.807) is 42.6 Å². The number of benzene rings is 2. The molecule has 0 aliphatic rings. The van der Waals surface area contributed by atoms with E-state index >= 15 is 0 Å². The zero-order valence-electron chi connectivity index (χ0n) is 13.3. The first-order valence-corrected chi connectivity index (χ1v) is 7.92. The van der Waals surface area contributed by atoms with Crippen molar-refractivity contribution in [3.8, 4) is 11.3 Å². The summed E-state index contributed by atoms with van der Waals surface area (Å²) in [7, 11) is 0. The van der Waals surface area contributed by atoms with Crippen molar-refractivity contribution < 1.29 is 4.79 Å². The number of rotatable bonds is 3. The molecule has 0 N–H and O–H groups in total. The molecule has 2 aromatic heterocycles. The summed E-state index contributed by atoms with van der Waals surface area (Å²) < 4.78 is 1.41. The molecular weight excluding hydrogens is 312 g/mol. The fraction of sp³-hybridized carbons (Fsp3) is 0. The molecule has 120 valence electrons. The van der Waals surface area contributed by atoms with E-state index < -0.39 is 0 Å². The molecule has 2 aromatic carbocycles. The molecule has 4 nitrogen and oxygen atoms in total. The van der Waals surface area contributed by atoms with Crippen LogP contribution in [0.25, 0.3) is 16.9 Å². The smallest absolute Gasteiger partial charge is 0.269 e. The van der Waals surface area contributed by atoms with Gasteiger partial charge < -0.3 is 0 Å². The monoisotopic (exact) mass is 326 g/mol. The van der Waals surface area contributed by atoms with Gasteiger partial charge in [0, 0.05) is 17.3 Å². The molecular formula is C21H14N2O2. The number of carbonyl (C=O) groups excluding carboxylic acids is 1. The van der Waals surface area contributed by atoms with Crippen molar-refractivity contribution in [2.45, 2.75) is 0 Å². The summed E-state index contributed by atoms with van der Waals surface area (Å²) in [6.45, 7) is 0. The van der Waals surface area contributed by atoms with Crippen LogP contribution in [0.3, 0.4) is 0 Å². The minimum Gasteiger partial charge on any atom is -0.288 e. The number of fused-ring (bicyclic) bond motifs is 1. The second-order valence-corrected chi connectivity index (χ2v) is 5.63. The van der Waals surface area contributed by atoms with Crippen molar-refractivity contribution in [3.63, 3.8) is 0 Å². The minimum absolute atomic E-state index is 0.0844. The predicted molar refractivity (Wildman–Crippen MR) is 96.8 cm³/mol. The van der Waals surface area contributed by atoms with E-state index in [2.05, 4.69) is 4.98 Å². The number of carbonyl (C=O) groups is 1. The number of hydrogen-bond acceptors (Lipinski definition) is 3. The molecule has 0 saturated carbocycles. The number of nitrogens with zero attached hydrogens (tertiary/aromatic N) is 2. The third-order valence-electron chi connectivity index (χ3n) is 4.04. The highest BCUT2D eigenvalue weighted by Gasteiger charge is 2.22. The molecule has 4 aromatic rings. The normalized spacial score (nSPS) is 10.7. The van der Waals surface area contributed by atoms with Gasteiger partial charge in [0.05, 0.1) is 5.69 Å². The summed E-state index contributed by atoms with van der Waals surface area (Å²) in [5.74, 6) is -0.324. The van der Waals surface area contributed by atoms with Crippen LogP contribution < -0.4 is 5.56 Å². The number of hydrogen-bond donors (Lipinski definition) is 0. The van der Waals surface area contributed by atoms with Gasteiger partial charge in [-0.2, -0.15) is 0 Å². The quantitative estimate of drug-likeness (QED) is 0.541. The molecule has 0 saturated heterocycles. The van der Waals surface area contributed by atoms with E-state index in [0.717, 1.165) is 5.56 Å². The fourth-order valence-electron chi connectivity index (χ4n) is 2.83. The van der Waals surface area contributed by atoms with Crippen LogP contribution in [0.1, 0.15) is 15.9 Å². The van der Waals surface area contributed by atoms with Gasteiger partial charge in [-0.05, 0) is 12.1 Å². The molecule has 4 heteroatoms. The van der Waals surface area contributed by atoms with Gasteiger partial charge in [-0.1, -0.05) is 66.7 Å². The third kappa shape index (κ3) is 2.64. The Balaban J connectivity index is 2.06. The highest BCUT2D eigenvalue weighted by Crippen LogP contribution is 2.22. The molecule has 0 aliphatic heterocycles. The lowest BCUT2D eigenvalue weighted by Crippen LogP contribution is -2.25. The molecule has 25 heavy (non-hydrogen) atoms. The van der Waals surface area contributed by atoms with Crippen LogP contribution in [0.15, 0.2) is 89.9 Å². The van der Waals surface area contributed by atoms with Crippen LogP contribution in [0.2, 0.25) is 0 Å². The van der Waals surface area contributed by atoms with Crippen LogP contribution in [-0.2, 0) is 0 Å². The zero-order chi connectivity index (χ0) is 17.2. The molecule has 0 fully saturated rings. The van der Waals surface area contributed by atoms with Gasteiger partial charge in [0.1, 0.15) is 11.2 Å². The Morgan fingerprint density at radius 3 is 2.16 bits per heavy atom. The summed E-state index contributed by atoms with van der Waals surface area (Å²) in [4.78, 5) is 30.7. The van der Waals surface area contributed by atoms with Gasteiger partial charge in [0.2, 0.25) is 5.78 Å². The van der Waals surface area contributed by atoms with E-state index in [9.17, 15) is 9.59 Å². The topological polar surface area (TPSA) is 51.4 Å². The van der Waals surface area contributed by atoms with E-state index in [-0.39, 0.29) is 16.9 Å². The van der Waals surface area contributed by atoms with E-state index in [1.807, 2.05) is 42.5 Å². The molecule has 0 unspecified atom stereocenters. The first kappa shape index (κ1) is 15.0. The van der Waals surface area contributed by atoms with Crippen LogP contribution in [0.5, 0.6) is 0 Å². The molecule has 0 bridgehead atoms. The fourth-order valence-corrected chi connectivity index (χ4v) is 2.83. The first-order chi connectivity index (χ1) is 12.3. The minimum atomic E-state index is -0.363. The second kappa shape index (κ2) is 6.17. The highest BCUT2D eigenvalue weighted by molar-refractivity contribution is 6.12. The van der Waals surface area contributed by atoms with Crippen molar-refractivity contribution in [3.05, 3.63) is 107 Å². The average molecular weight is 326 g/mol. The largest absolute Gasteiger partial charge is 0.288 e. The van der Waals surface area contributed by atoms with E-state index in [1.165, 1.54) is 4.40 Å². The molecule has 0 amide bonds. The van der Waals surface area contributed by atoms with Crippen LogP contribution in [0.4, 0.5) is 0 Å². The lowest BCUT2D eigenvalue weighted by molar-refractivity contribution is 0.103. The molecule has 2 heterocycles.